The van der Waals surface area contributed by atoms with E-state index < -0.39 is 0 Å². The van der Waals surface area contributed by atoms with Crippen LogP contribution >= 0.6 is 0 Å². The molecule has 0 aromatic heterocycles. The maximum atomic E-state index is 12.7. The first kappa shape index (κ1) is 17.9. The van der Waals surface area contributed by atoms with Crippen molar-refractivity contribution < 1.29 is 19.1 Å². The van der Waals surface area contributed by atoms with Crippen LogP contribution in [0.3, 0.4) is 0 Å². The van der Waals surface area contributed by atoms with Gasteiger partial charge in [0.2, 0.25) is 0 Å². The van der Waals surface area contributed by atoms with Gasteiger partial charge in [-0.1, -0.05) is 25.8 Å². The average molecular weight is 345 g/mol. The summed E-state index contributed by atoms with van der Waals surface area (Å²) in [5.74, 6) is 0.298. The largest absolute Gasteiger partial charge is 0.465 e. The van der Waals surface area contributed by atoms with Crippen LogP contribution in [0.25, 0.3) is 0 Å². The van der Waals surface area contributed by atoms with Crippen LogP contribution in [-0.2, 0) is 20.7 Å². The Labute approximate surface area is 149 Å². The molecule has 0 saturated heterocycles. The van der Waals surface area contributed by atoms with Crippen molar-refractivity contribution in [2.75, 3.05) is 25.2 Å². The predicted octanol–water partition coefficient (Wildman–Crippen LogP) is 3.35. The van der Waals surface area contributed by atoms with Crippen molar-refractivity contribution >= 4 is 17.6 Å². The van der Waals surface area contributed by atoms with Gasteiger partial charge in [-0.3, -0.25) is 4.79 Å². The number of ether oxygens (including phenoxy) is 2. The van der Waals surface area contributed by atoms with Gasteiger partial charge in [-0.15, -0.1) is 0 Å². The second-order valence-corrected chi connectivity index (χ2v) is 7.15. The number of carbonyl (C=O) groups excluding carboxylic acids is 2. The number of amides is 1. The third-order valence-corrected chi connectivity index (χ3v) is 5.29. The molecule has 1 heterocycles. The molecule has 25 heavy (non-hydrogen) atoms. The maximum Gasteiger partial charge on any atom is 0.338 e. The lowest BCUT2D eigenvalue weighted by Crippen LogP contribution is -2.39. The molecule has 1 aliphatic heterocycles. The number of carbonyl (C=O) groups is 2. The van der Waals surface area contributed by atoms with Gasteiger partial charge in [0.25, 0.3) is 5.91 Å². The Hall–Kier alpha value is -1.88. The summed E-state index contributed by atoms with van der Waals surface area (Å²) in [5, 5.41) is 0. The molecule has 1 fully saturated rings. The van der Waals surface area contributed by atoms with Crippen LogP contribution in [0.2, 0.25) is 0 Å². The van der Waals surface area contributed by atoms with Crippen molar-refractivity contribution in [2.45, 2.75) is 51.6 Å². The summed E-state index contributed by atoms with van der Waals surface area (Å²) < 4.78 is 10.8. The molecule has 2 atom stereocenters. The Kier molecular flexibility index (Phi) is 5.74. The van der Waals surface area contributed by atoms with Gasteiger partial charge in [0.05, 0.1) is 18.8 Å². The van der Waals surface area contributed by atoms with E-state index in [1.165, 1.54) is 20.0 Å². The quantitative estimate of drug-likeness (QED) is 0.785. The molecule has 0 bridgehead atoms. The third kappa shape index (κ3) is 4.03. The fraction of sp³-hybridized carbons (Fsp3) is 0.600. The monoisotopic (exact) mass is 345 g/mol. The normalized spacial score (nSPS) is 23.0. The first-order valence-electron chi connectivity index (χ1n) is 9.22. The number of rotatable bonds is 4. The van der Waals surface area contributed by atoms with Gasteiger partial charge < -0.3 is 14.4 Å². The van der Waals surface area contributed by atoms with Crippen LogP contribution in [0, 0.1) is 5.92 Å². The van der Waals surface area contributed by atoms with Crippen molar-refractivity contribution in [1.82, 2.24) is 0 Å². The summed E-state index contributed by atoms with van der Waals surface area (Å²) in [6, 6.07) is 5.47. The first-order valence-corrected chi connectivity index (χ1v) is 9.22. The van der Waals surface area contributed by atoms with E-state index in [4.69, 9.17) is 9.47 Å². The zero-order valence-corrected chi connectivity index (χ0v) is 15.1. The molecule has 1 aromatic rings. The standard InChI is InChI=1S/C20H27NO4/c1-14-6-3-7-15(12-14)25-13-19(22)21-11-5-9-16-17(20(23)24-2)8-4-10-18(16)21/h4,8,10,14-15H,3,5-7,9,11-13H2,1-2H3. The van der Waals surface area contributed by atoms with Crippen LogP contribution in [0.1, 0.15) is 54.9 Å². The van der Waals surface area contributed by atoms with Crippen LogP contribution < -0.4 is 4.90 Å². The maximum absolute atomic E-state index is 12.7. The Morgan fingerprint density at radius 3 is 2.84 bits per heavy atom. The Balaban J connectivity index is 1.70. The predicted molar refractivity (Wildman–Crippen MR) is 95.8 cm³/mol. The van der Waals surface area contributed by atoms with Gasteiger partial charge in [-0.05, 0) is 49.3 Å². The molecule has 1 saturated carbocycles. The third-order valence-electron chi connectivity index (χ3n) is 5.29. The first-order chi connectivity index (χ1) is 12.1. The highest BCUT2D eigenvalue weighted by atomic mass is 16.5. The Bertz CT molecular complexity index is 643. The molecule has 0 N–H and O–H groups in total. The average Bonchev–Trinajstić information content (AvgIpc) is 2.64. The van der Waals surface area contributed by atoms with Gasteiger partial charge >= 0.3 is 5.97 Å². The summed E-state index contributed by atoms with van der Waals surface area (Å²) in [5.41, 5.74) is 2.28. The van der Waals surface area contributed by atoms with Crippen molar-refractivity contribution in [3.05, 3.63) is 29.3 Å². The lowest BCUT2D eigenvalue weighted by molar-refractivity contribution is -0.126. The molecule has 2 aliphatic rings. The van der Waals surface area contributed by atoms with Gasteiger partial charge in [0.15, 0.2) is 0 Å². The molecule has 0 radical (unpaired) electrons. The number of nitrogens with zero attached hydrogens (tertiary/aromatic N) is 1. The van der Waals surface area contributed by atoms with Crippen molar-refractivity contribution in [2.24, 2.45) is 5.92 Å². The number of hydrogen-bond acceptors (Lipinski definition) is 4. The Morgan fingerprint density at radius 2 is 2.08 bits per heavy atom. The summed E-state index contributed by atoms with van der Waals surface area (Å²) >= 11 is 0. The van der Waals surface area contributed by atoms with Gasteiger partial charge in [0.1, 0.15) is 6.61 Å². The zero-order chi connectivity index (χ0) is 17.8. The van der Waals surface area contributed by atoms with Crippen LogP contribution in [0.4, 0.5) is 5.69 Å². The molecular formula is C20H27NO4. The molecule has 5 heteroatoms. The van der Waals surface area contributed by atoms with E-state index in [0.717, 1.165) is 36.9 Å². The van der Waals surface area contributed by atoms with E-state index in [0.29, 0.717) is 18.0 Å². The van der Waals surface area contributed by atoms with E-state index >= 15 is 0 Å². The van der Waals surface area contributed by atoms with Crippen molar-refractivity contribution in [3.63, 3.8) is 0 Å². The van der Waals surface area contributed by atoms with Crippen LogP contribution in [0.5, 0.6) is 0 Å². The lowest BCUT2D eigenvalue weighted by Gasteiger charge is -2.32. The molecule has 1 amide bonds. The number of esters is 1. The topological polar surface area (TPSA) is 55.8 Å². The summed E-state index contributed by atoms with van der Waals surface area (Å²) in [4.78, 5) is 26.5. The minimum Gasteiger partial charge on any atom is -0.465 e. The van der Waals surface area contributed by atoms with E-state index in [1.54, 1.807) is 17.0 Å². The van der Waals surface area contributed by atoms with Crippen LogP contribution in [0.15, 0.2) is 18.2 Å². The second-order valence-electron chi connectivity index (χ2n) is 7.15. The lowest BCUT2D eigenvalue weighted by atomic mass is 9.89. The molecule has 136 valence electrons. The number of anilines is 1. The molecule has 3 rings (SSSR count). The van der Waals surface area contributed by atoms with Crippen molar-refractivity contribution in [3.8, 4) is 0 Å². The molecule has 1 aliphatic carbocycles. The highest BCUT2D eigenvalue weighted by Gasteiger charge is 2.27. The van der Waals surface area contributed by atoms with E-state index in [2.05, 4.69) is 6.92 Å². The fourth-order valence-electron chi connectivity index (χ4n) is 3.98. The highest BCUT2D eigenvalue weighted by molar-refractivity contribution is 5.99. The second kappa shape index (κ2) is 8.00. The van der Waals surface area contributed by atoms with Crippen LogP contribution in [-0.4, -0.2) is 38.2 Å². The highest BCUT2D eigenvalue weighted by Crippen LogP contribution is 2.31. The minimum atomic E-state index is -0.349. The van der Waals surface area contributed by atoms with E-state index in [1.807, 2.05) is 6.07 Å². The van der Waals surface area contributed by atoms with Gasteiger partial charge in [-0.2, -0.15) is 0 Å². The number of hydrogen-bond donors (Lipinski definition) is 0. The molecule has 5 nitrogen and oxygen atoms in total. The number of methoxy groups -OCH3 is 1. The van der Waals surface area contributed by atoms with Crippen molar-refractivity contribution in [1.29, 1.82) is 0 Å². The molecular weight excluding hydrogens is 318 g/mol. The summed E-state index contributed by atoms with van der Waals surface area (Å²) in [7, 11) is 1.38. The van der Waals surface area contributed by atoms with Gasteiger partial charge in [-0.25, -0.2) is 4.79 Å². The minimum absolute atomic E-state index is 0.0267. The Morgan fingerprint density at radius 1 is 1.24 bits per heavy atom. The molecule has 2 unspecified atom stereocenters. The summed E-state index contributed by atoms with van der Waals surface area (Å²) in [6.45, 7) is 3.02. The van der Waals surface area contributed by atoms with E-state index in [9.17, 15) is 9.59 Å². The zero-order valence-electron chi connectivity index (χ0n) is 15.1. The smallest absolute Gasteiger partial charge is 0.338 e. The number of fused-ring (bicyclic) bond motifs is 1. The van der Waals surface area contributed by atoms with E-state index in [-0.39, 0.29) is 24.6 Å². The fourth-order valence-corrected chi connectivity index (χ4v) is 3.98. The molecule has 1 aromatic carbocycles. The molecule has 0 spiro atoms. The van der Waals surface area contributed by atoms with Gasteiger partial charge in [0, 0.05) is 12.2 Å². The number of benzene rings is 1. The SMILES string of the molecule is COC(=O)c1cccc2c1CCCN2C(=O)COC1CCCC(C)C1. The summed E-state index contributed by atoms with van der Waals surface area (Å²) in [6.07, 6.45) is 6.33.